The van der Waals surface area contributed by atoms with Gasteiger partial charge in [-0.3, -0.25) is 0 Å². The number of benzene rings is 2. The topological polar surface area (TPSA) is 47.9 Å². The number of thioether (sulfide) groups is 1. The Hall–Kier alpha value is -2.24. The van der Waals surface area contributed by atoms with Gasteiger partial charge in [0.15, 0.2) is 0 Å². The van der Waals surface area contributed by atoms with Gasteiger partial charge in [-0.1, -0.05) is 72.4 Å². The Morgan fingerprint density at radius 2 is 1.46 bits per heavy atom. The summed E-state index contributed by atoms with van der Waals surface area (Å²) in [7, 11) is 0. The summed E-state index contributed by atoms with van der Waals surface area (Å²) in [6.45, 7) is 3.40. The van der Waals surface area contributed by atoms with Crippen LogP contribution >= 0.6 is 11.8 Å². The normalized spacial score (nSPS) is 10.7. The van der Waals surface area contributed by atoms with Gasteiger partial charge in [0.05, 0.1) is 6.61 Å². The second-order valence-corrected chi connectivity index (χ2v) is 6.13. The van der Waals surface area contributed by atoms with Crippen LogP contribution in [0.15, 0.2) is 65.8 Å². The van der Waals surface area contributed by atoms with Crippen molar-refractivity contribution in [2.45, 2.75) is 12.1 Å². The molecule has 2 aromatic carbocycles. The zero-order valence-corrected chi connectivity index (χ0v) is 14.4. The van der Waals surface area contributed by atoms with Crippen LogP contribution in [-0.4, -0.2) is 34.1 Å². The maximum absolute atomic E-state index is 5.37. The summed E-state index contributed by atoms with van der Waals surface area (Å²) < 4.78 is 5.37. The van der Waals surface area contributed by atoms with Gasteiger partial charge in [-0.25, -0.2) is 4.98 Å². The number of rotatable bonds is 7. The molecule has 0 aliphatic rings. The van der Waals surface area contributed by atoms with Crippen LogP contribution in [0.5, 0.6) is 0 Å². The second-order valence-electron chi connectivity index (χ2n) is 5.07. The van der Waals surface area contributed by atoms with Crippen LogP contribution in [0, 0.1) is 0 Å². The Bertz CT molecular complexity index is 766. The Morgan fingerprint density at radius 1 is 0.833 bits per heavy atom. The predicted molar refractivity (Wildman–Crippen MR) is 97.9 cm³/mol. The average molecular weight is 337 g/mol. The highest BCUT2D eigenvalue weighted by atomic mass is 32.2. The molecule has 0 aliphatic heterocycles. The molecular formula is C19H19N3OS. The molecule has 0 unspecified atom stereocenters. The summed E-state index contributed by atoms with van der Waals surface area (Å²) in [6.07, 6.45) is 0. The van der Waals surface area contributed by atoms with Crippen molar-refractivity contribution >= 4 is 11.8 Å². The van der Waals surface area contributed by atoms with Gasteiger partial charge in [-0.05, 0) is 6.92 Å². The first-order valence-corrected chi connectivity index (χ1v) is 8.93. The lowest BCUT2D eigenvalue weighted by atomic mass is 10.0. The van der Waals surface area contributed by atoms with Crippen molar-refractivity contribution in [2.24, 2.45) is 0 Å². The summed E-state index contributed by atoms with van der Waals surface area (Å²) >= 11 is 1.56. The number of hydrogen-bond acceptors (Lipinski definition) is 5. The van der Waals surface area contributed by atoms with Crippen molar-refractivity contribution in [1.29, 1.82) is 0 Å². The summed E-state index contributed by atoms with van der Waals surface area (Å²) in [6, 6.07) is 20.1. The zero-order chi connectivity index (χ0) is 16.6. The van der Waals surface area contributed by atoms with Crippen molar-refractivity contribution in [3.8, 4) is 22.5 Å². The molecule has 4 nitrogen and oxygen atoms in total. The number of nitrogens with zero attached hydrogens (tertiary/aromatic N) is 3. The maximum Gasteiger partial charge on any atom is 0.209 e. The van der Waals surface area contributed by atoms with E-state index in [2.05, 4.69) is 10.2 Å². The van der Waals surface area contributed by atoms with Gasteiger partial charge in [-0.15, -0.1) is 10.2 Å². The highest BCUT2D eigenvalue weighted by Crippen LogP contribution is 2.29. The molecule has 0 fully saturated rings. The van der Waals surface area contributed by atoms with E-state index in [0.29, 0.717) is 11.8 Å². The molecule has 3 aromatic rings. The smallest absolute Gasteiger partial charge is 0.209 e. The maximum atomic E-state index is 5.37. The lowest BCUT2D eigenvalue weighted by Gasteiger charge is -2.09. The van der Waals surface area contributed by atoms with Gasteiger partial charge < -0.3 is 4.74 Å². The van der Waals surface area contributed by atoms with Crippen LogP contribution in [0.25, 0.3) is 22.5 Å². The van der Waals surface area contributed by atoms with Gasteiger partial charge in [0, 0.05) is 23.5 Å². The minimum atomic E-state index is 0.674. The first-order valence-electron chi connectivity index (χ1n) is 7.94. The Labute approximate surface area is 146 Å². The van der Waals surface area contributed by atoms with Crippen LogP contribution in [0.2, 0.25) is 0 Å². The molecule has 0 bridgehead atoms. The van der Waals surface area contributed by atoms with E-state index >= 15 is 0 Å². The minimum absolute atomic E-state index is 0.674. The van der Waals surface area contributed by atoms with Crippen LogP contribution in [-0.2, 0) is 4.74 Å². The second kappa shape index (κ2) is 8.57. The lowest BCUT2D eigenvalue weighted by molar-refractivity contribution is 0.164. The molecule has 0 atom stereocenters. The largest absolute Gasteiger partial charge is 0.381 e. The monoisotopic (exact) mass is 337 g/mol. The zero-order valence-electron chi connectivity index (χ0n) is 13.6. The van der Waals surface area contributed by atoms with E-state index in [1.165, 1.54) is 0 Å². The average Bonchev–Trinajstić information content (AvgIpc) is 2.66. The molecule has 3 rings (SSSR count). The van der Waals surface area contributed by atoms with E-state index in [9.17, 15) is 0 Å². The number of hydrogen-bond donors (Lipinski definition) is 0. The van der Waals surface area contributed by atoms with Crippen LogP contribution in [0.3, 0.4) is 0 Å². The fraction of sp³-hybridized carbons (Fsp3) is 0.211. The van der Waals surface area contributed by atoms with Crippen LogP contribution in [0.1, 0.15) is 6.92 Å². The highest BCUT2D eigenvalue weighted by Gasteiger charge is 2.13. The molecule has 0 saturated carbocycles. The molecule has 0 spiro atoms. The summed E-state index contributed by atoms with van der Waals surface area (Å²) in [5, 5.41) is 9.41. The van der Waals surface area contributed by atoms with E-state index in [0.717, 1.165) is 34.9 Å². The first kappa shape index (κ1) is 16.6. The molecule has 122 valence electrons. The summed E-state index contributed by atoms with van der Waals surface area (Å²) in [5.41, 5.74) is 3.71. The van der Waals surface area contributed by atoms with E-state index in [1.54, 1.807) is 11.8 Å². The fourth-order valence-corrected chi connectivity index (χ4v) is 2.93. The number of ether oxygens (including phenoxy) is 1. The molecule has 0 N–H and O–H groups in total. The van der Waals surface area contributed by atoms with Crippen molar-refractivity contribution < 1.29 is 4.74 Å². The van der Waals surface area contributed by atoms with Gasteiger partial charge >= 0.3 is 0 Å². The Morgan fingerprint density at radius 3 is 2.08 bits per heavy atom. The van der Waals surface area contributed by atoms with E-state index in [4.69, 9.17) is 9.72 Å². The third-order valence-corrected chi connectivity index (χ3v) is 4.23. The molecule has 0 amide bonds. The molecule has 1 aromatic heterocycles. The first-order chi connectivity index (χ1) is 11.9. The van der Waals surface area contributed by atoms with Crippen LogP contribution in [0.4, 0.5) is 0 Å². The molecule has 24 heavy (non-hydrogen) atoms. The van der Waals surface area contributed by atoms with Gasteiger partial charge in [0.1, 0.15) is 11.4 Å². The van der Waals surface area contributed by atoms with Crippen LogP contribution < -0.4 is 0 Å². The molecule has 0 aliphatic carbocycles. The fourth-order valence-electron chi connectivity index (χ4n) is 2.30. The quantitative estimate of drug-likeness (QED) is 0.474. The SMILES string of the molecule is CCOCCSc1nnc(-c2ccccc2)c(-c2ccccc2)n1. The third kappa shape index (κ3) is 4.19. The van der Waals surface area contributed by atoms with Gasteiger partial charge in [-0.2, -0.15) is 0 Å². The number of aromatic nitrogens is 3. The molecule has 0 radical (unpaired) electrons. The predicted octanol–water partition coefficient (Wildman–Crippen LogP) is 4.33. The van der Waals surface area contributed by atoms with Gasteiger partial charge in [0.2, 0.25) is 5.16 Å². The van der Waals surface area contributed by atoms with Gasteiger partial charge in [0.25, 0.3) is 0 Å². The van der Waals surface area contributed by atoms with Crippen molar-refractivity contribution in [2.75, 3.05) is 19.0 Å². The van der Waals surface area contributed by atoms with E-state index in [-0.39, 0.29) is 0 Å². The molecular weight excluding hydrogens is 318 g/mol. The molecule has 1 heterocycles. The van der Waals surface area contributed by atoms with E-state index in [1.807, 2.05) is 67.6 Å². The lowest BCUT2D eigenvalue weighted by Crippen LogP contribution is -2.01. The standard InChI is InChI=1S/C19H19N3OS/c1-2-23-13-14-24-19-20-17(15-9-5-3-6-10-15)18(21-22-19)16-11-7-4-8-12-16/h3-12H,2,13-14H2,1H3. The molecule has 0 saturated heterocycles. The summed E-state index contributed by atoms with van der Waals surface area (Å²) in [5.74, 6) is 0.814. The highest BCUT2D eigenvalue weighted by molar-refractivity contribution is 7.99. The van der Waals surface area contributed by atoms with Crippen molar-refractivity contribution in [3.63, 3.8) is 0 Å². The Kier molecular flexibility index (Phi) is 5.93. The summed E-state index contributed by atoms with van der Waals surface area (Å²) in [4.78, 5) is 4.75. The Balaban J connectivity index is 1.94. The minimum Gasteiger partial charge on any atom is -0.381 e. The van der Waals surface area contributed by atoms with E-state index < -0.39 is 0 Å². The third-order valence-electron chi connectivity index (χ3n) is 3.42. The van der Waals surface area contributed by atoms with Crippen molar-refractivity contribution in [3.05, 3.63) is 60.7 Å². The molecule has 5 heteroatoms. The van der Waals surface area contributed by atoms with Crippen molar-refractivity contribution in [1.82, 2.24) is 15.2 Å².